The number of benzene rings is 1. The molecular formula is C19H20FN3O2S2. The molecule has 0 aliphatic carbocycles. The van der Waals surface area contributed by atoms with Crippen LogP contribution in [0.1, 0.15) is 25.6 Å². The number of unbranched alkanes of at least 4 members (excludes halogenated alkanes) is 1. The molecule has 2 aromatic heterocycles. The van der Waals surface area contributed by atoms with Crippen molar-refractivity contribution in [3.8, 4) is 11.1 Å². The van der Waals surface area contributed by atoms with Gasteiger partial charge in [0.2, 0.25) is 5.91 Å². The number of carbonyl (C=O) groups excluding carboxylic acids is 1. The van der Waals surface area contributed by atoms with Crippen molar-refractivity contribution < 1.29 is 9.18 Å². The van der Waals surface area contributed by atoms with E-state index in [4.69, 9.17) is 0 Å². The van der Waals surface area contributed by atoms with Crippen molar-refractivity contribution in [1.82, 2.24) is 15.3 Å². The van der Waals surface area contributed by atoms with Crippen molar-refractivity contribution in [1.29, 1.82) is 0 Å². The van der Waals surface area contributed by atoms with Gasteiger partial charge in [0.05, 0.1) is 16.9 Å². The highest BCUT2D eigenvalue weighted by atomic mass is 32.2. The summed E-state index contributed by atoms with van der Waals surface area (Å²) in [5, 5.41) is 5.23. The third kappa shape index (κ3) is 4.95. The van der Waals surface area contributed by atoms with Gasteiger partial charge >= 0.3 is 0 Å². The first-order valence-electron chi connectivity index (χ1n) is 8.69. The van der Waals surface area contributed by atoms with E-state index in [-0.39, 0.29) is 17.3 Å². The van der Waals surface area contributed by atoms with Gasteiger partial charge in [0.25, 0.3) is 5.56 Å². The minimum Gasteiger partial charge on any atom is -0.355 e. The molecule has 1 amide bonds. The molecule has 3 rings (SSSR count). The molecule has 27 heavy (non-hydrogen) atoms. The lowest BCUT2D eigenvalue weighted by Crippen LogP contribution is -2.26. The Balaban J connectivity index is 1.70. The van der Waals surface area contributed by atoms with Crippen LogP contribution in [0.5, 0.6) is 0 Å². The third-order valence-corrected chi connectivity index (χ3v) is 5.79. The summed E-state index contributed by atoms with van der Waals surface area (Å²) in [6, 6.07) is 6.04. The molecule has 8 heteroatoms. The van der Waals surface area contributed by atoms with Crippen LogP contribution in [0, 0.1) is 5.82 Å². The standard InChI is InChI=1S/C19H20FN3O2S2/c1-2-3-8-21-16(24)11-26-10-15-22-18(25)17-14(9-27-19(17)23-15)12-4-6-13(20)7-5-12/h4-7,9H,2-3,8,10-11H2,1H3,(H,21,24)(H,22,23,25). The fourth-order valence-corrected chi connectivity index (χ4v) is 4.29. The van der Waals surface area contributed by atoms with Crippen LogP contribution in [0.3, 0.4) is 0 Å². The van der Waals surface area contributed by atoms with E-state index in [2.05, 4.69) is 22.2 Å². The molecule has 0 unspecified atom stereocenters. The number of thioether (sulfide) groups is 1. The number of aromatic nitrogens is 2. The number of fused-ring (bicyclic) bond motifs is 1. The maximum absolute atomic E-state index is 13.1. The van der Waals surface area contributed by atoms with Crippen LogP contribution in [0.25, 0.3) is 21.3 Å². The number of nitrogens with one attached hydrogen (secondary N) is 2. The maximum Gasteiger partial charge on any atom is 0.260 e. The zero-order valence-corrected chi connectivity index (χ0v) is 16.5. The van der Waals surface area contributed by atoms with Crippen LogP contribution in [-0.4, -0.2) is 28.2 Å². The van der Waals surface area contributed by atoms with Crippen molar-refractivity contribution in [2.45, 2.75) is 25.5 Å². The molecule has 3 aromatic rings. The second-order valence-corrected chi connectivity index (χ2v) is 7.89. The van der Waals surface area contributed by atoms with Crippen LogP contribution in [0.4, 0.5) is 4.39 Å². The number of thiophene rings is 1. The molecule has 2 N–H and O–H groups in total. The van der Waals surface area contributed by atoms with Gasteiger partial charge in [-0.1, -0.05) is 25.5 Å². The van der Waals surface area contributed by atoms with Gasteiger partial charge in [0.1, 0.15) is 16.5 Å². The van der Waals surface area contributed by atoms with Gasteiger partial charge in [-0.25, -0.2) is 9.37 Å². The fraction of sp³-hybridized carbons (Fsp3) is 0.316. The molecule has 0 saturated heterocycles. The lowest BCUT2D eigenvalue weighted by molar-refractivity contribution is -0.118. The average Bonchev–Trinajstić information content (AvgIpc) is 3.07. The first-order chi connectivity index (χ1) is 13.1. The Morgan fingerprint density at radius 1 is 1.33 bits per heavy atom. The number of aromatic amines is 1. The molecule has 2 heterocycles. The largest absolute Gasteiger partial charge is 0.355 e. The molecule has 1 aromatic carbocycles. The summed E-state index contributed by atoms with van der Waals surface area (Å²) in [4.78, 5) is 32.2. The molecule has 0 radical (unpaired) electrons. The second kappa shape index (κ2) is 9.14. The van der Waals surface area contributed by atoms with Crippen LogP contribution in [0.15, 0.2) is 34.4 Å². The number of nitrogens with zero attached hydrogens (tertiary/aromatic N) is 1. The molecule has 0 bridgehead atoms. The van der Waals surface area contributed by atoms with E-state index in [0.29, 0.717) is 34.1 Å². The van der Waals surface area contributed by atoms with Crippen LogP contribution in [-0.2, 0) is 10.5 Å². The van der Waals surface area contributed by atoms with Crippen molar-refractivity contribution in [2.24, 2.45) is 0 Å². The lowest BCUT2D eigenvalue weighted by Gasteiger charge is -2.04. The Bertz CT molecular complexity index is 983. The third-order valence-electron chi connectivity index (χ3n) is 3.97. The molecule has 0 spiro atoms. The number of rotatable bonds is 8. The van der Waals surface area contributed by atoms with Gasteiger partial charge in [0, 0.05) is 17.5 Å². The van der Waals surface area contributed by atoms with E-state index < -0.39 is 0 Å². The van der Waals surface area contributed by atoms with Gasteiger partial charge < -0.3 is 10.3 Å². The number of hydrogen-bond acceptors (Lipinski definition) is 5. The number of carbonyl (C=O) groups is 1. The monoisotopic (exact) mass is 405 g/mol. The van der Waals surface area contributed by atoms with Crippen LogP contribution >= 0.6 is 23.1 Å². The lowest BCUT2D eigenvalue weighted by atomic mass is 10.1. The van der Waals surface area contributed by atoms with Gasteiger partial charge in [-0.05, 0) is 24.1 Å². The maximum atomic E-state index is 13.1. The van der Waals surface area contributed by atoms with E-state index in [0.717, 1.165) is 24.0 Å². The number of H-pyrrole nitrogens is 1. The Morgan fingerprint density at radius 3 is 2.85 bits per heavy atom. The minimum atomic E-state index is -0.316. The van der Waals surface area contributed by atoms with Crippen molar-refractivity contribution in [3.63, 3.8) is 0 Å². The summed E-state index contributed by atoms with van der Waals surface area (Å²) in [6.07, 6.45) is 2.01. The molecule has 0 saturated carbocycles. The smallest absolute Gasteiger partial charge is 0.260 e. The Hall–Kier alpha value is -2.19. The molecule has 0 aliphatic rings. The van der Waals surface area contributed by atoms with Crippen LogP contribution < -0.4 is 10.9 Å². The highest BCUT2D eigenvalue weighted by Gasteiger charge is 2.13. The van der Waals surface area contributed by atoms with Crippen molar-refractivity contribution in [2.75, 3.05) is 12.3 Å². The van der Waals surface area contributed by atoms with Crippen molar-refractivity contribution in [3.05, 3.63) is 51.6 Å². The molecule has 0 fully saturated rings. The average molecular weight is 406 g/mol. The molecule has 5 nitrogen and oxygen atoms in total. The summed E-state index contributed by atoms with van der Waals surface area (Å²) >= 11 is 2.79. The van der Waals surface area contributed by atoms with E-state index in [1.165, 1.54) is 35.2 Å². The Morgan fingerprint density at radius 2 is 2.11 bits per heavy atom. The van der Waals surface area contributed by atoms with Gasteiger partial charge in [-0.2, -0.15) is 0 Å². The highest BCUT2D eigenvalue weighted by Crippen LogP contribution is 2.30. The quantitative estimate of drug-likeness (QED) is 0.557. The highest BCUT2D eigenvalue weighted by molar-refractivity contribution is 7.99. The molecule has 0 aliphatic heterocycles. The van der Waals surface area contributed by atoms with Crippen LogP contribution in [0.2, 0.25) is 0 Å². The summed E-state index contributed by atoms with van der Waals surface area (Å²) in [5.41, 5.74) is 1.31. The predicted molar refractivity (Wildman–Crippen MR) is 110 cm³/mol. The van der Waals surface area contributed by atoms with E-state index >= 15 is 0 Å². The predicted octanol–water partition coefficient (Wildman–Crippen LogP) is 3.94. The Labute approximate surface area is 164 Å². The summed E-state index contributed by atoms with van der Waals surface area (Å²) in [5.74, 6) is 1.01. The summed E-state index contributed by atoms with van der Waals surface area (Å²) < 4.78 is 13.1. The number of hydrogen-bond donors (Lipinski definition) is 2. The minimum absolute atomic E-state index is 0.00778. The SMILES string of the molecule is CCCCNC(=O)CSCc1nc2scc(-c3ccc(F)cc3)c2c(=O)[nH]1. The molecular weight excluding hydrogens is 385 g/mol. The molecule has 0 atom stereocenters. The normalized spacial score (nSPS) is 11.0. The Kier molecular flexibility index (Phi) is 6.63. The van der Waals surface area contributed by atoms with Gasteiger partial charge in [-0.3, -0.25) is 9.59 Å². The summed E-state index contributed by atoms with van der Waals surface area (Å²) in [7, 11) is 0. The fourth-order valence-electron chi connectivity index (χ4n) is 2.60. The van der Waals surface area contributed by atoms with E-state index in [1.807, 2.05) is 5.38 Å². The first-order valence-corrected chi connectivity index (χ1v) is 10.7. The zero-order chi connectivity index (χ0) is 19.2. The topological polar surface area (TPSA) is 74.8 Å². The van der Waals surface area contributed by atoms with Gasteiger partial charge in [0.15, 0.2) is 0 Å². The van der Waals surface area contributed by atoms with E-state index in [1.54, 1.807) is 12.1 Å². The number of amides is 1. The van der Waals surface area contributed by atoms with Crippen molar-refractivity contribution >= 4 is 39.2 Å². The van der Waals surface area contributed by atoms with E-state index in [9.17, 15) is 14.0 Å². The molecule has 142 valence electrons. The zero-order valence-electron chi connectivity index (χ0n) is 14.9. The first kappa shape index (κ1) is 19.6. The summed E-state index contributed by atoms with van der Waals surface area (Å²) in [6.45, 7) is 2.77. The van der Waals surface area contributed by atoms with Gasteiger partial charge in [-0.15, -0.1) is 23.1 Å². The second-order valence-electron chi connectivity index (χ2n) is 6.05. The number of halogens is 1.